The molecule has 18 heavy (non-hydrogen) atoms. The van der Waals surface area contributed by atoms with Gasteiger partial charge in [-0.3, -0.25) is 0 Å². The van der Waals surface area contributed by atoms with E-state index in [9.17, 15) is 0 Å². The van der Waals surface area contributed by atoms with E-state index in [4.69, 9.17) is 18.0 Å². The molecular weight excluding hydrogens is 264 g/mol. The zero-order valence-electron chi connectivity index (χ0n) is 10.4. The summed E-state index contributed by atoms with van der Waals surface area (Å²) in [5, 5.41) is 3.99. The number of anilines is 2. The fourth-order valence-corrected chi connectivity index (χ4v) is 2.46. The number of nitrogens with zero attached hydrogens (tertiary/aromatic N) is 2. The predicted molar refractivity (Wildman–Crippen MR) is 79.7 cm³/mol. The molecule has 0 radical (unpaired) electrons. The SMILES string of the molecule is Cc1ccc(C(N)=S)c(Nc2nc(C)c(C)s2)n1. The average Bonchev–Trinajstić information content (AvgIpc) is 2.57. The number of hydrogen-bond acceptors (Lipinski definition) is 5. The summed E-state index contributed by atoms with van der Waals surface area (Å²) in [6, 6.07) is 3.76. The standard InChI is InChI=1S/C12H14N4S2/c1-6-4-5-9(10(13)17)11(14-6)16-12-15-7(2)8(3)18-12/h4-5H,1-3H3,(H2,13,17)(H,14,15,16). The van der Waals surface area contributed by atoms with Gasteiger partial charge in [-0.05, 0) is 32.9 Å². The summed E-state index contributed by atoms with van der Waals surface area (Å²) in [6.45, 7) is 5.94. The molecule has 0 aromatic carbocycles. The van der Waals surface area contributed by atoms with Crippen LogP contribution in [0.25, 0.3) is 0 Å². The molecule has 0 fully saturated rings. The number of thiocarbonyl (C=S) groups is 1. The number of thiazole rings is 1. The van der Waals surface area contributed by atoms with E-state index in [0.717, 1.165) is 22.1 Å². The highest BCUT2D eigenvalue weighted by Gasteiger charge is 2.10. The highest BCUT2D eigenvalue weighted by Crippen LogP contribution is 2.25. The van der Waals surface area contributed by atoms with Crippen LogP contribution in [-0.2, 0) is 0 Å². The number of nitrogens with one attached hydrogen (secondary N) is 1. The maximum atomic E-state index is 5.69. The van der Waals surface area contributed by atoms with Crippen LogP contribution < -0.4 is 11.1 Å². The van der Waals surface area contributed by atoms with Gasteiger partial charge in [-0.2, -0.15) is 0 Å². The van der Waals surface area contributed by atoms with Crippen LogP contribution in [0.2, 0.25) is 0 Å². The van der Waals surface area contributed by atoms with Crippen LogP contribution >= 0.6 is 23.6 Å². The summed E-state index contributed by atoms with van der Waals surface area (Å²) < 4.78 is 0. The fraction of sp³-hybridized carbons (Fsp3) is 0.250. The van der Waals surface area contributed by atoms with Gasteiger partial charge in [0.1, 0.15) is 10.8 Å². The van der Waals surface area contributed by atoms with Crippen LogP contribution in [0.15, 0.2) is 12.1 Å². The normalized spacial score (nSPS) is 10.4. The van der Waals surface area contributed by atoms with Crippen molar-refractivity contribution in [3.63, 3.8) is 0 Å². The molecule has 94 valence electrons. The van der Waals surface area contributed by atoms with Gasteiger partial charge in [0.15, 0.2) is 5.13 Å². The van der Waals surface area contributed by atoms with Gasteiger partial charge in [-0.25, -0.2) is 9.97 Å². The summed E-state index contributed by atoms with van der Waals surface area (Å²) in [5.74, 6) is 0.663. The second-order valence-corrected chi connectivity index (χ2v) is 5.64. The van der Waals surface area contributed by atoms with Gasteiger partial charge < -0.3 is 11.1 Å². The molecule has 0 spiro atoms. The molecule has 0 aliphatic rings. The summed E-state index contributed by atoms with van der Waals surface area (Å²) >= 11 is 6.61. The molecule has 2 rings (SSSR count). The van der Waals surface area contributed by atoms with Gasteiger partial charge in [0.05, 0.1) is 11.3 Å². The van der Waals surface area contributed by atoms with Crippen molar-refractivity contribution in [3.05, 3.63) is 34.0 Å². The van der Waals surface area contributed by atoms with Gasteiger partial charge in [0, 0.05) is 10.6 Å². The Morgan fingerprint density at radius 1 is 1.28 bits per heavy atom. The lowest BCUT2D eigenvalue weighted by molar-refractivity contribution is 1.17. The number of aromatic nitrogens is 2. The molecule has 3 N–H and O–H groups in total. The molecule has 2 aromatic heterocycles. The Hall–Kier alpha value is -1.53. The highest BCUT2D eigenvalue weighted by molar-refractivity contribution is 7.80. The number of rotatable bonds is 3. The third-order valence-electron chi connectivity index (χ3n) is 2.55. The summed E-state index contributed by atoms with van der Waals surface area (Å²) in [6.07, 6.45) is 0. The van der Waals surface area contributed by atoms with E-state index in [-0.39, 0.29) is 0 Å². The minimum atomic E-state index is 0.329. The van der Waals surface area contributed by atoms with Gasteiger partial charge in [0.2, 0.25) is 0 Å². The van der Waals surface area contributed by atoms with Crippen molar-refractivity contribution in [2.24, 2.45) is 5.73 Å². The van der Waals surface area contributed by atoms with E-state index in [1.165, 1.54) is 4.88 Å². The minimum absolute atomic E-state index is 0.329. The number of nitrogens with two attached hydrogens (primary N) is 1. The molecule has 4 nitrogen and oxygen atoms in total. The topological polar surface area (TPSA) is 63.8 Å². The zero-order chi connectivity index (χ0) is 13.3. The second-order valence-electron chi connectivity index (χ2n) is 4.00. The molecule has 0 aliphatic carbocycles. The van der Waals surface area contributed by atoms with Gasteiger partial charge in [-0.1, -0.05) is 12.2 Å². The van der Waals surface area contributed by atoms with Crippen molar-refractivity contribution in [1.82, 2.24) is 9.97 Å². The lowest BCUT2D eigenvalue weighted by atomic mass is 10.2. The molecule has 0 unspecified atom stereocenters. The Balaban J connectivity index is 2.38. The first kappa shape index (κ1) is 12.9. The van der Waals surface area contributed by atoms with Gasteiger partial charge in [-0.15, -0.1) is 11.3 Å². The van der Waals surface area contributed by atoms with Crippen molar-refractivity contribution in [3.8, 4) is 0 Å². The number of aryl methyl sites for hydroxylation is 3. The fourth-order valence-electron chi connectivity index (χ4n) is 1.48. The Bertz CT molecular complexity index is 585. The third kappa shape index (κ3) is 2.65. The van der Waals surface area contributed by atoms with Crippen LogP contribution in [0.3, 0.4) is 0 Å². The van der Waals surface area contributed by atoms with Crippen molar-refractivity contribution in [1.29, 1.82) is 0 Å². The molecule has 2 aromatic rings. The van der Waals surface area contributed by atoms with Crippen LogP contribution in [0.4, 0.5) is 10.9 Å². The summed E-state index contributed by atoms with van der Waals surface area (Å²) in [7, 11) is 0. The largest absolute Gasteiger partial charge is 0.389 e. The number of hydrogen-bond donors (Lipinski definition) is 2. The van der Waals surface area contributed by atoms with Crippen LogP contribution in [-0.4, -0.2) is 15.0 Å². The van der Waals surface area contributed by atoms with Crippen LogP contribution in [0, 0.1) is 20.8 Å². The summed E-state index contributed by atoms with van der Waals surface area (Å²) in [4.78, 5) is 10.3. The zero-order valence-corrected chi connectivity index (χ0v) is 12.1. The van der Waals surface area contributed by atoms with E-state index in [1.807, 2.05) is 32.9 Å². The first-order valence-electron chi connectivity index (χ1n) is 5.46. The molecule has 0 saturated heterocycles. The maximum Gasteiger partial charge on any atom is 0.188 e. The second kappa shape index (κ2) is 4.99. The molecular formula is C12H14N4S2. The minimum Gasteiger partial charge on any atom is -0.389 e. The van der Waals surface area contributed by atoms with Crippen molar-refractivity contribution in [2.75, 3.05) is 5.32 Å². The van der Waals surface area contributed by atoms with Crippen LogP contribution in [0.5, 0.6) is 0 Å². The number of pyridine rings is 1. The molecule has 0 aliphatic heterocycles. The smallest absolute Gasteiger partial charge is 0.188 e. The molecule has 2 heterocycles. The van der Waals surface area contributed by atoms with E-state index in [0.29, 0.717) is 10.8 Å². The Labute approximate surface area is 115 Å². The van der Waals surface area contributed by atoms with E-state index < -0.39 is 0 Å². The quantitative estimate of drug-likeness (QED) is 0.845. The maximum absolute atomic E-state index is 5.69. The average molecular weight is 278 g/mol. The highest BCUT2D eigenvalue weighted by atomic mass is 32.1. The van der Waals surface area contributed by atoms with Crippen molar-refractivity contribution in [2.45, 2.75) is 20.8 Å². The first-order valence-corrected chi connectivity index (χ1v) is 6.68. The monoisotopic (exact) mass is 278 g/mol. The summed E-state index contributed by atoms with van der Waals surface area (Å²) in [5.41, 5.74) is 8.35. The van der Waals surface area contributed by atoms with Crippen LogP contribution in [0.1, 0.15) is 21.8 Å². The van der Waals surface area contributed by atoms with Crippen molar-refractivity contribution < 1.29 is 0 Å². The molecule has 0 atom stereocenters. The van der Waals surface area contributed by atoms with Crippen molar-refractivity contribution >= 4 is 39.5 Å². The predicted octanol–water partition coefficient (Wildman–Crippen LogP) is 2.84. The molecule has 6 heteroatoms. The first-order chi connectivity index (χ1) is 8.47. The third-order valence-corrected chi connectivity index (χ3v) is 3.76. The molecule has 0 bridgehead atoms. The lowest BCUT2D eigenvalue weighted by Gasteiger charge is -2.08. The Morgan fingerprint density at radius 2 is 2.00 bits per heavy atom. The van der Waals surface area contributed by atoms with Gasteiger partial charge in [0.25, 0.3) is 0 Å². The Morgan fingerprint density at radius 3 is 2.56 bits per heavy atom. The van der Waals surface area contributed by atoms with Gasteiger partial charge >= 0.3 is 0 Å². The molecule has 0 amide bonds. The molecule has 0 saturated carbocycles. The van der Waals surface area contributed by atoms with E-state index in [2.05, 4.69) is 15.3 Å². The van der Waals surface area contributed by atoms with E-state index >= 15 is 0 Å². The van der Waals surface area contributed by atoms with E-state index in [1.54, 1.807) is 11.3 Å². The Kier molecular flexibility index (Phi) is 3.58. The lowest BCUT2D eigenvalue weighted by Crippen LogP contribution is -2.13.